The van der Waals surface area contributed by atoms with Crippen LogP contribution in [0.3, 0.4) is 0 Å². The molecule has 3 rings (SSSR count). The molecule has 2 aliphatic carbocycles. The van der Waals surface area contributed by atoms with Crippen molar-refractivity contribution < 1.29 is 8.42 Å². The van der Waals surface area contributed by atoms with E-state index in [0.717, 1.165) is 24.5 Å². The van der Waals surface area contributed by atoms with Gasteiger partial charge in [-0.25, -0.2) is 13.1 Å². The summed E-state index contributed by atoms with van der Waals surface area (Å²) in [7, 11) is -3.35. The minimum Gasteiger partial charge on any atom is -0.363 e. The van der Waals surface area contributed by atoms with E-state index >= 15 is 0 Å². The summed E-state index contributed by atoms with van der Waals surface area (Å²) in [5.74, 6) is 0.854. The van der Waals surface area contributed by atoms with E-state index in [2.05, 4.69) is 15.0 Å². The monoisotopic (exact) mass is 297 g/mol. The predicted octanol–water partition coefficient (Wildman–Crippen LogP) is 1.74. The Balaban J connectivity index is 1.47. The molecule has 0 radical (unpaired) electrons. The van der Waals surface area contributed by atoms with E-state index in [1.165, 1.54) is 25.7 Å². The van der Waals surface area contributed by atoms with Crippen molar-refractivity contribution in [2.45, 2.75) is 56.0 Å². The van der Waals surface area contributed by atoms with Crippen LogP contribution in [0.25, 0.3) is 0 Å². The second kappa shape index (κ2) is 5.87. The smallest absolute Gasteiger partial charge is 0.242 e. The Morgan fingerprint density at radius 1 is 1.25 bits per heavy atom. The van der Waals surface area contributed by atoms with Crippen molar-refractivity contribution in [2.24, 2.45) is 5.92 Å². The van der Waals surface area contributed by atoms with Crippen LogP contribution < -0.4 is 10.0 Å². The quantitative estimate of drug-likeness (QED) is 0.608. The highest BCUT2D eigenvalue weighted by Crippen LogP contribution is 2.33. The average molecular weight is 297 g/mol. The van der Waals surface area contributed by atoms with Crippen molar-refractivity contribution in [3.8, 4) is 0 Å². The molecule has 6 heteroatoms. The number of hydrogen-bond acceptors (Lipinski definition) is 3. The fourth-order valence-corrected chi connectivity index (χ4v) is 3.40. The molecule has 2 aliphatic rings. The lowest BCUT2D eigenvalue weighted by atomic mass is 10.2. The molecule has 2 saturated carbocycles. The lowest BCUT2D eigenvalue weighted by molar-refractivity contribution is 0.572. The van der Waals surface area contributed by atoms with Crippen LogP contribution in [-0.2, 0) is 16.6 Å². The third-order valence-electron chi connectivity index (χ3n) is 3.96. The Morgan fingerprint density at radius 3 is 2.75 bits per heavy atom. The third kappa shape index (κ3) is 4.07. The summed E-state index contributed by atoms with van der Waals surface area (Å²) in [5.41, 5.74) is 0.926. The van der Waals surface area contributed by atoms with E-state index in [1.807, 2.05) is 0 Å². The predicted molar refractivity (Wildman–Crippen MR) is 77.8 cm³/mol. The summed E-state index contributed by atoms with van der Waals surface area (Å²) >= 11 is 0. The van der Waals surface area contributed by atoms with E-state index in [-0.39, 0.29) is 0 Å². The topological polar surface area (TPSA) is 74.0 Å². The Bertz CT molecular complexity index is 545. The van der Waals surface area contributed by atoms with Gasteiger partial charge in [-0.2, -0.15) is 0 Å². The van der Waals surface area contributed by atoms with Gasteiger partial charge in [0.15, 0.2) is 0 Å². The molecule has 1 aromatic heterocycles. The second-order valence-corrected chi connectivity index (χ2v) is 7.77. The Hall–Kier alpha value is -0.850. The van der Waals surface area contributed by atoms with Crippen molar-refractivity contribution in [1.82, 2.24) is 15.0 Å². The molecule has 112 valence electrons. The van der Waals surface area contributed by atoms with E-state index < -0.39 is 10.0 Å². The van der Waals surface area contributed by atoms with Crippen LogP contribution in [0.15, 0.2) is 17.2 Å². The molecule has 5 nitrogen and oxygen atoms in total. The normalized spacial score (nSPS) is 19.4. The third-order valence-corrected chi connectivity index (χ3v) is 5.40. The van der Waals surface area contributed by atoms with Crippen molar-refractivity contribution in [2.75, 3.05) is 6.54 Å². The minimum absolute atomic E-state index is 0.344. The fourth-order valence-electron chi connectivity index (χ4n) is 2.30. The van der Waals surface area contributed by atoms with Gasteiger partial charge in [-0.3, -0.25) is 0 Å². The van der Waals surface area contributed by atoms with Gasteiger partial charge in [0.2, 0.25) is 10.0 Å². The number of H-pyrrole nitrogens is 1. The van der Waals surface area contributed by atoms with Crippen molar-refractivity contribution in [3.05, 3.63) is 18.0 Å². The summed E-state index contributed by atoms with van der Waals surface area (Å²) in [4.78, 5) is 3.38. The lowest BCUT2D eigenvalue weighted by Gasteiger charge is -2.04. The van der Waals surface area contributed by atoms with Crippen LogP contribution in [0, 0.1) is 5.92 Å². The van der Waals surface area contributed by atoms with Crippen LogP contribution in [0.1, 0.15) is 44.2 Å². The SMILES string of the molecule is O=S(=O)(NCCCC1CC1)c1c[nH]c(CNC2CC2)c1. The van der Waals surface area contributed by atoms with Crippen LogP contribution >= 0.6 is 0 Å². The molecular weight excluding hydrogens is 274 g/mol. The van der Waals surface area contributed by atoms with E-state index in [9.17, 15) is 8.42 Å². The first-order valence-electron chi connectivity index (χ1n) is 7.54. The van der Waals surface area contributed by atoms with Gasteiger partial charge in [0, 0.05) is 31.0 Å². The summed E-state index contributed by atoms with van der Waals surface area (Å²) < 4.78 is 26.9. The highest BCUT2D eigenvalue weighted by Gasteiger charge is 2.22. The van der Waals surface area contributed by atoms with Gasteiger partial charge in [0.1, 0.15) is 0 Å². The maximum atomic E-state index is 12.1. The van der Waals surface area contributed by atoms with Crippen LogP contribution in [0.4, 0.5) is 0 Å². The molecule has 0 amide bonds. The van der Waals surface area contributed by atoms with Crippen molar-refractivity contribution in [3.63, 3.8) is 0 Å². The van der Waals surface area contributed by atoms with E-state index in [4.69, 9.17) is 0 Å². The lowest BCUT2D eigenvalue weighted by Crippen LogP contribution is -2.24. The Kier molecular flexibility index (Phi) is 4.14. The minimum atomic E-state index is -3.35. The Morgan fingerprint density at radius 2 is 2.05 bits per heavy atom. The highest BCUT2D eigenvalue weighted by molar-refractivity contribution is 7.89. The standard InChI is InChI=1S/C14H23N3O2S/c18-20(19,17-7-1-2-11-3-4-11)14-8-13(16-10-14)9-15-12-5-6-12/h8,10-12,15-17H,1-7,9H2. The summed E-state index contributed by atoms with van der Waals surface area (Å²) in [6, 6.07) is 2.34. The van der Waals surface area contributed by atoms with Crippen molar-refractivity contribution in [1.29, 1.82) is 0 Å². The first-order valence-corrected chi connectivity index (χ1v) is 9.02. The molecule has 3 N–H and O–H groups in total. The number of nitrogens with one attached hydrogen (secondary N) is 3. The summed E-state index contributed by atoms with van der Waals surface area (Å²) in [5, 5.41) is 3.36. The second-order valence-electron chi connectivity index (χ2n) is 6.00. The van der Waals surface area contributed by atoms with Crippen LogP contribution in [0.5, 0.6) is 0 Å². The van der Waals surface area contributed by atoms with Crippen LogP contribution in [0.2, 0.25) is 0 Å². The largest absolute Gasteiger partial charge is 0.363 e. The maximum Gasteiger partial charge on any atom is 0.242 e. The summed E-state index contributed by atoms with van der Waals surface area (Å²) in [6.07, 6.45) is 8.76. The van der Waals surface area contributed by atoms with Gasteiger partial charge >= 0.3 is 0 Å². The zero-order valence-electron chi connectivity index (χ0n) is 11.7. The molecule has 0 bridgehead atoms. The van der Waals surface area contributed by atoms with Gasteiger partial charge in [-0.1, -0.05) is 12.8 Å². The highest BCUT2D eigenvalue weighted by atomic mass is 32.2. The number of aromatic nitrogens is 1. The molecule has 1 heterocycles. The van der Waals surface area contributed by atoms with Crippen molar-refractivity contribution >= 4 is 10.0 Å². The van der Waals surface area contributed by atoms with E-state index in [0.29, 0.717) is 24.0 Å². The van der Waals surface area contributed by atoms with Gasteiger partial charge in [-0.15, -0.1) is 0 Å². The zero-order chi connectivity index (χ0) is 14.0. The average Bonchev–Trinajstić information content (AvgIpc) is 3.33. The number of sulfonamides is 1. The maximum absolute atomic E-state index is 12.1. The molecule has 0 atom stereocenters. The molecule has 0 aliphatic heterocycles. The molecule has 0 saturated heterocycles. The number of rotatable bonds is 9. The molecule has 0 spiro atoms. The molecule has 1 aromatic rings. The summed E-state index contributed by atoms with van der Waals surface area (Å²) in [6.45, 7) is 1.25. The molecule has 0 aromatic carbocycles. The number of hydrogen-bond donors (Lipinski definition) is 3. The molecule has 2 fully saturated rings. The van der Waals surface area contributed by atoms with Gasteiger partial charge < -0.3 is 10.3 Å². The first kappa shape index (κ1) is 14.1. The molecule has 20 heavy (non-hydrogen) atoms. The fraction of sp³-hybridized carbons (Fsp3) is 0.714. The zero-order valence-corrected chi connectivity index (χ0v) is 12.5. The van der Waals surface area contributed by atoms with Gasteiger partial charge in [-0.05, 0) is 37.7 Å². The first-order chi connectivity index (χ1) is 9.63. The van der Waals surface area contributed by atoms with Gasteiger partial charge in [0.25, 0.3) is 0 Å². The number of aromatic amines is 1. The van der Waals surface area contributed by atoms with Crippen LogP contribution in [-0.4, -0.2) is 26.0 Å². The molecule has 0 unspecified atom stereocenters. The van der Waals surface area contributed by atoms with E-state index in [1.54, 1.807) is 12.3 Å². The molecular formula is C14H23N3O2S. The Labute approximate surface area is 120 Å². The van der Waals surface area contributed by atoms with Gasteiger partial charge in [0.05, 0.1) is 4.90 Å².